The van der Waals surface area contributed by atoms with Gasteiger partial charge in [0.05, 0.1) is 15.7 Å². The molecule has 0 bridgehead atoms. The van der Waals surface area contributed by atoms with Crippen molar-refractivity contribution >= 4 is 33.4 Å². The zero-order valence-corrected chi connectivity index (χ0v) is 15.1. The molecule has 132 valence electrons. The van der Waals surface area contributed by atoms with E-state index < -0.39 is 0 Å². The van der Waals surface area contributed by atoms with Gasteiger partial charge in [-0.2, -0.15) is 0 Å². The first kappa shape index (κ1) is 16.7. The third-order valence-corrected chi connectivity index (χ3v) is 5.46. The highest BCUT2D eigenvalue weighted by atomic mass is 32.1. The van der Waals surface area contributed by atoms with Gasteiger partial charge in [0.1, 0.15) is 0 Å². The van der Waals surface area contributed by atoms with Crippen LogP contribution < -0.4 is 5.32 Å². The number of hydrogen-bond donors (Lipinski definition) is 1. The zero-order valence-electron chi connectivity index (χ0n) is 14.3. The number of hydrogen-bond acceptors (Lipinski definition) is 4. The van der Waals surface area contributed by atoms with E-state index in [-0.39, 0.29) is 11.8 Å². The van der Waals surface area contributed by atoms with E-state index in [4.69, 9.17) is 0 Å². The van der Waals surface area contributed by atoms with Gasteiger partial charge in [-0.05, 0) is 41.8 Å². The number of carbonyl (C=O) groups is 2. The van der Waals surface area contributed by atoms with Gasteiger partial charge in [0.15, 0.2) is 0 Å². The lowest BCUT2D eigenvalue weighted by Crippen LogP contribution is -2.35. The van der Waals surface area contributed by atoms with Gasteiger partial charge in [-0.15, -0.1) is 11.3 Å². The van der Waals surface area contributed by atoms with E-state index >= 15 is 0 Å². The Morgan fingerprint density at radius 1 is 1.15 bits per heavy atom. The minimum Gasteiger partial charge on any atom is -0.350 e. The van der Waals surface area contributed by atoms with Crippen molar-refractivity contribution in [2.24, 2.45) is 0 Å². The van der Waals surface area contributed by atoms with E-state index in [9.17, 15) is 9.59 Å². The molecule has 0 atom stereocenters. The summed E-state index contributed by atoms with van der Waals surface area (Å²) in [7, 11) is 0. The molecule has 1 aliphatic rings. The topological polar surface area (TPSA) is 62.3 Å². The van der Waals surface area contributed by atoms with E-state index in [0.717, 1.165) is 29.6 Å². The maximum Gasteiger partial charge on any atom is 0.251 e. The van der Waals surface area contributed by atoms with Crippen molar-refractivity contribution in [1.82, 2.24) is 15.2 Å². The molecule has 0 unspecified atom stereocenters. The molecule has 0 spiro atoms. The van der Waals surface area contributed by atoms with Crippen LogP contribution in [0.15, 0.2) is 48.0 Å². The lowest BCUT2D eigenvalue weighted by Gasteiger charge is -2.15. The Labute approximate surface area is 155 Å². The van der Waals surface area contributed by atoms with Crippen LogP contribution in [-0.4, -0.2) is 41.3 Å². The smallest absolute Gasteiger partial charge is 0.251 e. The van der Waals surface area contributed by atoms with Crippen LogP contribution in [0.5, 0.6) is 0 Å². The summed E-state index contributed by atoms with van der Waals surface area (Å²) >= 11 is 1.63. The van der Waals surface area contributed by atoms with Gasteiger partial charge < -0.3 is 10.2 Å². The number of likely N-dealkylation sites (tertiary alicyclic amines) is 1. The van der Waals surface area contributed by atoms with Crippen molar-refractivity contribution in [2.45, 2.75) is 12.8 Å². The van der Waals surface area contributed by atoms with Crippen molar-refractivity contribution in [3.8, 4) is 11.1 Å². The fraction of sp³-hybridized carbons (Fsp3) is 0.250. The number of thiazole rings is 1. The Morgan fingerprint density at radius 2 is 1.96 bits per heavy atom. The van der Waals surface area contributed by atoms with E-state index in [1.54, 1.807) is 16.2 Å². The lowest BCUT2D eigenvalue weighted by molar-refractivity contribution is -0.127. The number of aromatic nitrogens is 1. The summed E-state index contributed by atoms with van der Waals surface area (Å²) in [5.41, 5.74) is 5.60. The molecule has 0 saturated carbocycles. The molecule has 1 aliphatic heterocycles. The molecule has 5 nitrogen and oxygen atoms in total. The average molecular weight is 365 g/mol. The molecule has 26 heavy (non-hydrogen) atoms. The summed E-state index contributed by atoms with van der Waals surface area (Å²) in [4.78, 5) is 30.0. The normalized spacial score (nSPS) is 14.2. The maximum atomic E-state index is 12.3. The first-order valence-corrected chi connectivity index (χ1v) is 9.58. The van der Waals surface area contributed by atoms with Crippen molar-refractivity contribution in [3.05, 3.63) is 53.5 Å². The van der Waals surface area contributed by atoms with Gasteiger partial charge in [-0.3, -0.25) is 9.59 Å². The number of fused-ring (bicyclic) bond motifs is 1. The third kappa shape index (κ3) is 3.46. The molecule has 2 amide bonds. The van der Waals surface area contributed by atoms with Gasteiger partial charge in [-0.1, -0.05) is 18.2 Å². The number of nitrogens with one attached hydrogen (secondary N) is 1. The summed E-state index contributed by atoms with van der Waals surface area (Å²) in [5.74, 6) is 0.0684. The summed E-state index contributed by atoms with van der Waals surface area (Å²) in [5, 5.41) is 2.88. The van der Waals surface area contributed by atoms with Gasteiger partial charge >= 0.3 is 0 Å². The Balaban J connectivity index is 1.38. The number of nitrogens with zero attached hydrogens (tertiary/aromatic N) is 2. The summed E-state index contributed by atoms with van der Waals surface area (Å²) in [6.45, 7) is 1.86. The highest BCUT2D eigenvalue weighted by molar-refractivity contribution is 7.16. The van der Waals surface area contributed by atoms with Crippen LogP contribution in [0, 0.1) is 0 Å². The predicted octanol–water partition coefficient (Wildman–Crippen LogP) is 3.32. The molecule has 1 fully saturated rings. The van der Waals surface area contributed by atoms with E-state index in [0.29, 0.717) is 25.1 Å². The molecular weight excluding hydrogens is 346 g/mol. The van der Waals surface area contributed by atoms with Crippen LogP contribution >= 0.6 is 11.3 Å². The molecule has 2 aromatic carbocycles. The van der Waals surface area contributed by atoms with Crippen molar-refractivity contribution in [1.29, 1.82) is 0 Å². The van der Waals surface area contributed by atoms with Gasteiger partial charge in [0.2, 0.25) is 5.91 Å². The van der Waals surface area contributed by atoms with Crippen LogP contribution in [-0.2, 0) is 4.79 Å². The molecule has 6 heteroatoms. The van der Waals surface area contributed by atoms with Crippen molar-refractivity contribution in [2.75, 3.05) is 19.6 Å². The minimum atomic E-state index is -0.113. The Hall–Kier alpha value is -2.73. The van der Waals surface area contributed by atoms with E-state index in [2.05, 4.69) is 28.5 Å². The van der Waals surface area contributed by atoms with Crippen LogP contribution in [0.2, 0.25) is 0 Å². The monoisotopic (exact) mass is 365 g/mol. The number of carbonyl (C=O) groups excluding carboxylic acids is 2. The molecule has 1 N–H and O–H groups in total. The highest BCUT2D eigenvalue weighted by Gasteiger charge is 2.19. The molecule has 2 heterocycles. The second-order valence-electron chi connectivity index (χ2n) is 6.35. The highest BCUT2D eigenvalue weighted by Crippen LogP contribution is 2.26. The first-order valence-electron chi connectivity index (χ1n) is 8.70. The average Bonchev–Trinajstić information content (AvgIpc) is 3.30. The summed E-state index contributed by atoms with van der Waals surface area (Å²) in [6.07, 6.45) is 1.54. The molecule has 0 radical (unpaired) electrons. The molecular formula is C20H19N3O2S. The number of amides is 2. The predicted molar refractivity (Wildman–Crippen MR) is 103 cm³/mol. The lowest BCUT2D eigenvalue weighted by atomic mass is 10.0. The third-order valence-electron chi connectivity index (χ3n) is 4.65. The standard InChI is InChI=1S/C20H19N3O2S/c24-19-2-1-10-23(19)11-9-21-20(25)15-5-3-14(4-6-15)16-7-8-18-17(12-16)22-13-26-18/h3-8,12-13H,1-2,9-11H2,(H,21,25). The second kappa shape index (κ2) is 7.25. The van der Waals surface area contributed by atoms with Gasteiger partial charge in [0.25, 0.3) is 5.91 Å². The SMILES string of the molecule is O=C(NCCN1CCCC1=O)c1ccc(-c2ccc3scnc3c2)cc1. The second-order valence-corrected chi connectivity index (χ2v) is 7.24. The molecule has 0 aliphatic carbocycles. The van der Waals surface area contributed by atoms with Crippen LogP contribution in [0.25, 0.3) is 21.3 Å². The fourth-order valence-electron chi connectivity index (χ4n) is 3.20. The van der Waals surface area contributed by atoms with Crippen LogP contribution in [0.1, 0.15) is 23.2 Å². The minimum absolute atomic E-state index is 0.113. The van der Waals surface area contributed by atoms with Crippen LogP contribution in [0.3, 0.4) is 0 Å². The van der Waals surface area contributed by atoms with E-state index in [1.165, 1.54) is 4.70 Å². The molecule has 3 aromatic rings. The van der Waals surface area contributed by atoms with Crippen molar-refractivity contribution in [3.63, 3.8) is 0 Å². The fourth-order valence-corrected chi connectivity index (χ4v) is 3.86. The Bertz CT molecular complexity index is 949. The van der Waals surface area contributed by atoms with Crippen LogP contribution in [0.4, 0.5) is 0 Å². The molecule has 1 saturated heterocycles. The molecule has 1 aromatic heterocycles. The van der Waals surface area contributed by atoms with E-state index in [1.807, 2.05) is 29.8 Å². The van der Waals surface area contributed by atoms with Crippen molar-refractivity contribution < 1.29 is 9.59 Å². The Kier molecular flexibility index (Phi) is 4.67. The maximum absolute atomic E-state index is 12.3. The largest absolute Gasteiger partial charge is 0.350 e. The number of benzene rings is 2. The van der Waals surface area contributed by atoms with Gasteiger partial charge in [-0.25, -0.2) is 4.98 Å². The summed E-state index contributed by atoms with van der Waals surface area (Å²) < 4.78 is 1.17. The quantitative estimate of drug-likeness (QED) is 0.754. The van der Waals surface area contributed by atoms with Gasteiger partial charge in [0, 0.05) is 31.6 Å². The first-order chi connectivity index (χ1) is 12.7. The number of rotatable bonds is 5. The summed E-state index contributed by atoms with van der Waals surface area (Å²) in [6, 6.07) is 13.8. The molecule has 4 rings (SSSR count). The zero-order chi connectivity index (χ0) is 17.9. The Morgan fingerprint density at radius 3 is 2.73 bits per heavy atom.